The molecule has 1 fully saturated rings. The number of nitrogens with zero attached hydrogens (tertiary/aromatic N) is 5. The van der Waals surface area contributed by atoms with E-state index in [1.807, 2.05) is 44.3 Å². The largest absolute Gasteiger partial charge is 0.336 e. The van der Waals surface area contributed by atoms with Gasteiger partial charge in [0.25, 0.3) is 5.91 Å². The number of benzene rings is 1. The second-order valence-electron chi connectivity index (χ2n) is 9.83. The van der Waals surface area contributed by atoms with Crippen molar-refractivity contribution in [1.82, 2.24) is 24.6 Å². The Balaban J connectivity index is 1.33. The summed E-state index contributed by atoms with van der Waals surface area (Å²) in [6.45, 7) is 9.78. The zero-order chi connectivity index (χ0) is 26.1. The molecule has 1 aliphatic rings. The summed E-state index contributed by atoms with van der Waals surface area (Å²) in [5.74, 6) is 0.160. The molecule has 4 heterocycles. The smallest absolute Gasteiger partial charge is 0.257 e. The molecule has 0 radical (unpaired) electrons. The quantitative estimate of drug-likeness (QED) is 0.333. The van der Waals surface area contributed by atoms with Gasteiger partial charge in [0.05, 0.1) is 29.6 Å². The lowest BCUT2D eigenvalue weighted by molar-refractivity contribution is -0.134. The van der Waals surface area contributed by atoms with Gasteiger partial charge < -0.3 is 9.80 Å². The van der Waals surface area contributed by atoms with Crippen molar-refractivity contribution in [3.63, 3.8) is 0 Å². The SMILES string of the molecule is Cc1ccc(-c2csc(-n3ncc(C(=O)N4CCN(C(=O)Cc5cccs5)C(C)C4)c3C(C)C)n2)cc1. The Bertz CT molecular complexity index is 1390. The molecule has 0 spiro atoms. The molecule has 5 rings (SSSR count). The van der Waals surface area contributed by atoms with Crippen molar-refractivity contribution in [2.24, 2.45) is 0 Å². The molecule has 1 aliphatic heterocycles. The van der Waals surface area contributed by atoms with Crippen LogP contribution in [0.4, 0.5) is 0 Å². The van der Waals surface area contributed by atoms with Gasteiger partial charge in [0.15, 0.2) is 0 Å². The Kier molecular flexibility index (Phi) is 7.26. The normalized spacial score (nSPS) is 16.0. The highest BCUT2D eigenvalue weighted by Crippen LogP contribution is 2.29. The van der Waals surface area contributed by atoms with Gasteiger partial charge in [0.2, 0.25) is 11.0 Å². The highest BCUT2D eigenvalue weighted by atomic mass is 32.1. The van der Waals surface area contributed by atoms with E-state index in [9.17, 15) is 9.59 Å². The van der Waals surface area contributed by atoms with E-state index in [0.717, 1.165) is 27.0 Å². The zero-order valence-electron chi connectivity index (χ0n) is 21.5. The highest BCUT2D eigenvalue weighted by Gasteiger charge is 2.32. The van der Waals surface area contributed by atoms with Gasteiger partial charge in [-0.3, -0.25) is 9.59 Å². The van der Waals surface area contributed by atoms with Gasteiger partial charge in [-0.05, 0) is 31.2 Å². The monoisotopic (exact) mass is 533 g/mol. The minimum atomic E-state index is -0.0428. The van der Waals surface area contributed by atoms with Gasteiger partial charge in [0.1, 0.15) is 0 Å². The van der Waals surface area contributed by atoms with Gasteiger partial charge >= 0.3 is 0 Å². The zero-order valence-corrected chi connectivity index (χ0v) is 23.2. The predicted octanol–water partition coefficient (Wildman–Crippen LogP) is 5.40. The summed E-state index contributed by atoms with van der Waals surface area (Å²) in [6.07, 6.45) is 2.09. The summed E-state index contributed by atoms with van der Waals surface area (Å²) in [5.41, 5.74) is 4.63. The lowest BCUT2D eigenvalue weighted by Crippen LogP contribution is -2.55. The predicted molar refractivity (Wildman–Crippen MR) is 149 cm³/mol. The number of amides is 2. The van der Waals surface area contributed by atoms with E-state index in [1.54, 1.807) is 17.5 Å². The molecule has 0 bridgehead atoms. The summed E-state index contributed by atoms with van der Waals surface area (Å²) >= 11 is 3.12. The number of aryl methyl sites for hydroxylation is 1. The molecule has 1 saturated heterocycles. The molecule has 4 aromatic rings. The molecule has 1 unspecified atom stereocenters. The van der Waals surface area contributed by atoms with E-state index in [2.05, 4.69) is 50.1 Å². The number of thiophene rings is 1. The van der Waals surface area contributed by atoms with E-state index in [0.29, 0.717) is 31.6 Å². The fourth-order valence-corrected chi connectivity index (χ4v) is 6.29. The molecule has 192 valence electrons. The van der Waals surface area contributed by atoms with Crippen LogP contribution >= 0.6 is 22.7 Å². The van der Waals surface area contributed by atoms with Crippen LogP contribution in [0.3, 0.4) is 0 Å². The van der Waals surface area contributed by atoms with E-state index < -0.39 is 0 Å². The lowest BCUT2D eigenvalue weighted by Gasteiger charge is -2.40. The number of hydrogen-bond acceptors (Lipinski definition) is 6. The molecule has 1 atom stereocenters. The van der Waals surface area contributed by atoms with Crippen LogP contribution in [0.15, 0.2) is 53.4 Å². The summed E-state index contributed by atoms with van der Waals surface area (Å²) < 4.78 is 1.81. The van der Waals surface area contributed by atoms with Crippen molar-refractivity contribution in [3.05, 3.63) is 75.1 Å². The van der Waals surface area contributed by atoms with Crippen LogP contribution in [0, 0.1) is 6.92 Å². The third-order valence-corrected chi connectivity index (χ3v) is 8.44. The average Bonchev–Trinajstić information content (AvgIpc) is 3.64. The van der Waals surface area contributed by atoms with E-state index in [1.165, 1.54) is 16.9 Å². The maximum Gasteiger partial charge on any atom is 0.257 e. The molecule has 0 N–H and O–H groups in total. The van der Waals surface area contributed by atoms with Crippen molar-refractivity contribution >= 4 is 34.5 Å². The van der Waals surface area contributed by atoms with Crippen LogP contribution in [0.25, 0.3) is 16.4 Å². The Morgan fingerprint density at radius 2 is 1.89 bits per heavy atom. The Morgan fingerprint density at radius 1 is 1.11 bits per heavy atom. The van der Waals surface area contributed by atoms with Crippen LogP contribution in [-0.2, 0) is 11.2 Å². The molecule has 1 aromatic carbocycles. The minimum Gasteiger partial charge on any atom is -0.336 e. The van der Waals surface area contributed by atoms with Crippen molar-refractivity contribution in [2.75, 3.05) is 19.6 Å². The average molecular weight is 534 g/mol. The summed E-state index contributed by atoms with van der Waals surface area (Å²) in [6, 6.07) is 12.2. The van der Waals surface area contributed by atoms with Crippen LogP contribution in [-0.4, -0.2) is 62.1 Å². The number of piperazine rings is 1. The fourth-order valence-electron chi connectivity index (χ4n) is 4.80. The van der Waals surface area contributed by atoms with Crippen molar-refractivity contribution in [3.8, 4) is 16.4 Å². The maximum absolute atomic E-state index is 13.7. The van der Waals surface area contributed by atoms with Crippen LogP contribution in [0.2, 0.25) is 0 Å². The van der Waals surface area contributed by atoms with Crippen LogP contribution in [0.1, 0.15) is 53.2 Å². The first-order chi connectivity index (χ1) is 17.8. The van der Waals surface area contributed by atoms with Crippen molar-refractivity contribution in [2.45, 2.75) is 46.1 Å². The number of aromatic nitrogens is 3. The molecular weight excluding hydrogens is 502 g/mol. The molecule has 0 aliphatic carbocycles. The lowest BCUT2D eigenvalue weighted by atomic mass is 10.0. The Labute approximate surface area is 225 Å². The van der Waals surface area contributed by atoms with Crippen LogP contribution < -0.4 is 0 Å². The second kappa shape index (κ2) is 10.6. The summed E-state index contributed by atoms with van der Waals surface area (Å²) in [7, 11) is 0. The summed E-state index contributed by atoms with van der Waals surface area (Å²) in [5, 5.41) is 9.37. The highest BCUT2D eigenvalue weighted by molar-refractivity contribution is 7.12. The van der Waals surface area contributed by atoms with Crippen molar-refractivity contribution in [1.29, 1.82) is 0 Å². The Hall–Kier alpha value is -3.30. The molecule has 9 heteroatoms. The number of rotatable bonds is 6. The third-order valence-electron chi connectivity index (χ3n) is 6.74. The number of thiazole rings is 1. The first-order valence-corrected chi connectivity index (χ1v) is 14.3. The molecule has 3 aromatic heterocycles. The number of carbonyl (C=O) groups is 2. The van der Waals surface area contributed by atoms with Crippen molar-refractivity contribution < 1.29 is 9.59 Å². The molecule has 7 nitrogen and oxygen atoms in total. The van der Waals surface area contributed by atoms with Crippen LogP contribution in [0.5, 0.6) is 0 Å². The van der Waals surface area contributed by atoms with Gasteiger partial charge in [-0.25, -0.2) is 9.67 Å². The van der Waals surface area contributed by atoms with Gasteiger partial charge in [-0.1, -0.05) is 49.7 Å². The topological polar surface area (TPSA) is 71.3 Å². The molecular formula is C28H31N5O2S2. The van der Waals surface area contributed by atoms with Gasteiger partial charge in [0, 0.05) is 41.5 Å². The van der Waals surface area contributed by atoms with E-state index in [4.69, 9.17) is 4.98 Å². The first-order valence-electron chi connectivity index (χ1n) is 12.5. The van der Waals surface area contributed by atoms with E-state index >= 15 is 0 Å². The summed E-state index contributed by atoms with van der Waals surface area (Å²) in [4.78, 5) is 36.2. The first kappa shape index (κ1) is 25.4. The molecule has 37 heavy (non-hydrogen) atoms. The number of carbonyl (C=O) groups excluding carboxylic acids is 2. The Morgan fingerprint density at radius 3 is 2.57 bits per heavy atom. The van der Waals surface area contributed by atoms with Gasteiger partial charge in [-0.15, -0.1) is 22.7 Å². The molecule has 0 saturated carbocycles. The minimum absolute atomic E-state index is 0.0394. The number of hydrogen-bond donors (Lipinski definition) is 0. The third kappa shape index (κ3) is 5.24. The van der Waals surface area contributed by atoms with Gasteiger partial charge in [-0.2, -0.15) is 5.10 Å². The fraction of sp³-hybridized carbons (Fsp3) is 0.357. The molecule has 2 amide bonds. The standard InChI is InChI=1S/C28H31N5O2S2/c1-18(2)26-23(15-29-33(26)28-30-24(17-37-28)21-9-7-19(3)8-10-21)27(35)31-11-12-32(20(4)16-31)25(34)14-22-6-5-13-36-22/h5-10,13,15,17-18,20H,11-12,14,16H2,1-4H3. The van der Waals surface area contributed by atoms with E-state index in [-0.39, 0.29) is 23.8 Å². The second-order valence-corrected chi connectivity index (χ2v) is 11.7. The maximum atomic E-state index is 13.7.